The minimum absolute atomic E-state index is 0.751. The van der Waals surface area contributed by atoms with Gasteiger partial charge in [-0.15, -0.1) is 0 Å². The Bertz CT molecular complexity index is 430. The van der Waals surface area contributed by atoms with Gasteiger partial charge >= 0.3 is 0 Å². The first kappa shape index (κ1) is 15.9. The number of nitrogens with one attached hydrogen (secondary N) is 2. The summed E-state index contributed by atoms with van der Waals surface area (Å²) in [5.74, 6) is 1.68. The zero-order chi connectivity index (χ0) is 14.9. The van der Waals surface area contributed by atoms with E-state index in [0.29, 0.717) is 0 Å². The van der Waals surface area contributed by atoms with Gasteiger partial charge in [-0.2, -0.15) is 5.10 Å². The largest absolute Gasteiger partial charge is 0.356 e. The maximum Gasteiger partial charge on any atom is 0.191 e. The summed E-state index contributed by atoms with van der Waals surface area (Å²) in [5, 5.41) is 11.0. The third-order valence-electron chi connectivity index (χ3n) is 4.37. The predicted octanol–water partition coefficient (Wildman–Crippen LogP) is 2.45. The number of aliphatic imine (C=N–C) groups is 1. The van der Waals surface area contributed by atoms with E-state index in [1.165, 1.54) is 44.9 Å². The number of hydrogen-bond acceptors (Lipinski definition) is 2. The molecule has 0 unspecified atom stereocenters. The van der Waals surface area contributed by atoms with E-state index in [2.05, 4.69) is 20.7 Å². The van der Waals surface area contributed by atoms with E-state index in [4.69, 9.17) is 0 Å². The maximum atomic E-state index is 4.31. The van der Waals surface area contributed by atoms with Gasteiger partial charge in [-0.05, 0) is 24.8 Å². The van der Waals surface area contributed by atoms with Gasteiger partial charge in [-0.25, -0.2) is 0 Å². The van der Waals surface area contributed by atoms with E-state index in [9.17, 15) is 0 Å². The maximum absolute atomic E-state index is 4.31. The number of aryl methyl sites for hydroxylation is 1. The van der Waals surface area contributed by atoms with Crippen LogP contribution in [0.4, 0.5) is 0 Å². The molecule has 0 spiro atoms. The summed E-state index contributed by atoms with van der Waals surface area (Å²) < 4.78 is 1.88. The normalized spacial score (nSPS) is 18.1. The molecule has 5 nitrogen and oxygen atoms in total. The molecule has 118 valence electrons. The fourth-order valence-electron chi connectivity index (χ4n) is 2.96. The molecule has 1 aliphatic rings. The highest BCUT2D eigenvalue weighted by atomic mass is 15.3. The molecular formula is C16H29N5. The van der Waals surface area contributed by atoms with Gasteiger partial charge in [0, 0.05) is 26.8 Å². The van der Waals surface area contributed by atoms with Crippen LogP contribution in [0.25, 0.3) is 0 Å². The fourth-order valence-corrected chi connectivity index (χ4v) is 2.96. The van der Waals surface area contributed by atoms with E-state index in [0.717, 1.165) is 30.7 Å². The van der Waals surface area contributed by atoms with Gasteiger partial charge in [-0.1, -0.05) is 32.1 Å². The second-order valence-corrected chi connectivity index (χ2v) is 5.96. The Morgan fingerprint density at radius 1 is 1.24 bits per heavy atom. The Morgan fingerprint density at radius 2 is 1.95 bits per heavy atom. The molecule has 2 rings (SSSR count). The molecule has 0 aromatic carbocycles. The van der Waals surface area contributed by atoms with Gasteiger partial charge < -0.3 is 10.6 Å². The van der Waals surface area contributed by atoms with Crippen molar-refractivity contribution in [3.63, 3.8) is 0 Å². The van der Waals surface area contributed by atoms with Crippen LogP contribution in [0.3, 0.4) is 0 Å². The first-order valence-corrected chi connectivity index (χ1v) is 8.21. The van der Waals surface area contributed by atoms with E-state index in [-0.39, 0.29) is 0 Å². The lowest BCUT2D eigenvalue weighted by atomic mass is 9.91. The third-order valence-corrected chi connectivity index (χ3v) is 4.37. The molecule has 0 atom stereocenters. The summed E-state index contributed by atoms with van der Waals surface area (Å²) in [6.07, 6.45) is 11.5. The summed E-state index contributed by atoms with van der Waals surface area (Å²) in [4.78, 5) is 4.31. The quantitative estimate of drug-likeness (QED) is 0.662. The van der Waals surface area contributed by atoms with Crippen molar-refractivity contribution >= 4 is 5.96 Å². The molecule has 1 aliphatic carbocycles. The molecule has 0 aliphatic heterocycles. The summed E-state index contributed by atoms with van der Waals surface area (Å²) in [7, 11) is 3.79. The zero-order valence-electron chi connectivity index (χ0n) is 13.4. The Labute approximate surface area is 128 Å². The highest BCUT2D eigenvalue weighted by Crippen LogP contribution is 2.21. The number of guanidine groups is 1. The first-order valence-electron chi connectivity index (χ1n) is 8.21. The van der Waals surface area contributed by atoms with E-state index in [1.807, 2.05) is 31.0 Å². The summed E-state index contributed by atoms with van der Waals surface area (Å²) in [6.45, 7) is 1.78. The average molecular weight is 291 g/mol. The van der Waals surface area contributed by atoms with Crippen molar-refractivity contribution in [1.29, 1.82) is 0 Å². The van der Waals surface area contributed by atoms with Crippen LogP contribution in [-0.4, -0.2) is 29.3 Å². The Hall–Kier alpha value is -1.52. The second-order valence-electron chi connectivity index (χ2n) is 5.96. The van der Waals surface area contributed by atoms with E-state index in [1.54, 1.807) is 0 Å². The molecule has 0 bridgehead atoms. The molecule has 5 heteroatoms. The van der Waals surface area contributed by atoms with Gasteiger partial charge in [0.15, 0.2) is 5.96 Å². The van der Waals surface area contributed by atoms with E-state index >= 15 is 0 Å². The molecule has 0 radical (unpaired) electrons. The van der Waals surface area contributed by atoms with Gasteiger partial charge in [-0.3, -0.25) is 9.67 Å². The van der Waals surface area contributed by atoms with E-state index < -0.39 is 0 Å². The fraction of sp³-hybridized carbons (Fsp3) is 0.750. The average Bonchev–Trinajstić information content (AvgIpc) is 2.86. The Kier molecular flexibility index (Phi) is 6.57. The van der Waals surface area contributed by atoms with Crippen molar-refractivity contribution in [1.82, 2.24) is 20.4 Å². The molecule has 21 heavy (non-hydrogen) atoms. The summed E-state index contributed by atoms with van der Waals surface area (Å²) >= 11 is 0. The van der Waals surface area contributed by atoms with Crippen LogP contribution in [-0.2, 0) is 13.6 Å². The van der Waals surface area contributed by atoms with Crippen LogP contribution in [0.2, 0.25) is 0 Å². The number of rotatable bonds is 4. The molecule has 2 N–H and O–H groups in total. The SMILES string of the molecule is CN=C(NCc1ccnn1C)NCC1CCCCCCC1. The van der Waals surface area contributed by atoms with Crippen LogP contribution in [0.1, 0.15) is 50.6 Å². The third kappa shape index (κ3) is 5.40. The van der Waals surface area contributed by atoms with Gasteiger partial charge in [0.2, 0.25) is 0 Å². The van der Waals surface area contributed by atoms with Crippen molar-refractivity contribution in [2.75, 3.05) is 13.6 Å². The van der Waals surface area contributed by atoms with Crippen LogP contribution in [0, 0.1) is 5.92 Å². The predicted molar refractivity (Wildman–Crippen MR) is 87.2 cm³/mol. The van der Waals surface area contributed by atoms with Crippen molar-refractivity contribution < 1.29 is 0 Å². The topological polar surface area (TPSA) is 54.2 Å². The number of hydrogen-bond donors (Lipinski definition) is 2. The van der Waals surface area contributed by atoms with Gasteiger partial charge in [0.25, 0.3) is 0 Å². The standard InChI is InChI=1S/C16H29N5/c1-17-16(19-13-15-10-11-20-21(15)2)18-12-14-8-6-4-3-5-7-9-14/h10-11,14H,3-9,12-13H2,1-2H3,(H2,17,18,19). The monoisotopic (exact) mass is 291 g/mol. The molecule has 1 aromatic rings. The van der Waals surface area contributed by atoms with Crippen molar-refractivity contribution in [3.05, 3.63) is 18.0 Å². The highest BCUT2D eigenvalue weighted by molar-refractivity contribution is 5.79. The Balaban J connectivity index is 1.73. The molecule has 0 saturated heterocycles. The van der Waals surface area contributed by atoms with Crippen molar-refractivity contribution in [2.24, 2.45) is 18.0 Å². The molecule has 1 aromatic heterocycles. The molecule has 0 amide bonds. The van der Waals surface area contributed by atoms with Gasteiger partial charge in [0.05, 0.1) is 12.2 Å². The minimum atomic E-state index is 0.751. The summed E-state index contributed by atoms with van der Waals surface area (Å²) in [6, 6.07) is 2.02. The molecule has 1 fully saturated rings. The first-order chi connectivity index (χ1) is 10.3. The number of aromatic nitrogens is 2. The minimum Gasteiger partial charge on any atom is -0.356 e. The van der Waals surface area contributed by atoms with Crippen LogP contribution < -0.4 is 10.6 Å². The van der Waals surface area contributed by atoms with Crippen LogP contribution in [0.5, 0.6) is 0 Å². The van der Waals surface area contributed by atoms with Gasteiger partial charge in [0.1, 0.15) is 0 Å². The lowest BCUT2D eigenvalue weighted by Gasteiger charge is -2.21. The lowest BCUT2D eigenvalue weighted by Crippen LogP contribution is -2.39. The molecule has 1 heterocycles. The second kappa shape index (κ2) is 8.70. The van der Waals surface area contributed by atoms with Crippen molar-refractivity contribution in [2.45, 2.75) is 51.5 Å². The molecule has 1 saturated carbocycles. The van der Waals surface area contributed by atoms with Crippen LogP contribution >= 0.6 is 0 Å². The summed E-state index contributed by atoms with van der Waals surface area (Å²) in [5.41, 5.74) is 1.16. The zero-order valence-corrected chi connectivity index (χ0v) is 13.4. The highest BCUT2D eigenvalue weighted by Gasteiger charge is 2.12. The Morgan fingerprint density at radius 3 is 2.57 bits per heavy atom. The lowest BCUT2D eigenvalue weighted by molar-refractivity contribution is 0.375. The van der Waals surface area contributed by atoms with Crippen molar-refractivity contribution in [3.8, 4) is 0 Å². The number of nitrogens with zero attached hydrogens (tertiary/aromatic N) is 3. The molecular weight excluding hydrogens is 262 g/mol. The smallest absolute Gasteiger partial charge is 0.191 e. The van der Waals surface area contributed by atoms with Crippen LogP contribution in [0.15, 0.2) is 17.3 Å².